The minimum absolute atomic E-state index is 0.205. The van der Waals surface area contributed by atoms with Gasteiger partial charge >= 0.3 is 0 Å². The molecule has 5 nitrogen and oxygen atoms in total. The summed E-state index contributed by atoms with van der Waals surface area (Å²) >= 11 is 1.55. The number of rotatable bonds is 9. The fourth-order valence-corrected chi connectivity index (χ4v) is 3.17. The van der Waals surface area contributed by atoms with E-state index in [0.29, 0.717) is 19.7 Å². The Morgan fingerprint density at radius 1 is 1.36 bits per heavy atom. The number of methoxy groups -OCH3 is 1. The molecule has 1 aromatic carbocycles. The molecule has 132 valence electrons. The van der Waals surface area contributed by atoms with Gasteiger partial charge in [0, 0.05) is 17.8 Å². The van der Waals surface area contributed by atoms with Crippen LogP contribution in [0, 0.1) is 5.92 Å². The summed E-state index contributed by atoms with van der Waals surface area (Å²) in [6.45, 7) is 5.24. The smallest absolute Gasteiger partial charge is 0.226 e. The quantitative estimate of drug-likeness (QED) is 0.642. The summed E-state index contributed by atoms with van der Waals surface area (Å²) < 4.78 is 10.9. The molecule has 6 heteroatoms. The highest BCUT2D eigenvalue weighted by atomic mass is 32.1. The van der Waals surface area contributed by atoms with E-state index in [1.54, 1.807) is 24.5 Å². The van der Waals surface area contributed by atoms with Gasteiger partial charge in [0.05, 0.1) is 19.3 Å². The van der Waals surface area contributed by atoms with Gasteiger partial charge in [0.15, 0.2) is 0 Å². The molecule has 1 amide bonds. The number of ether oxygens (including phenoxy) is 2. The number of nitrogens with zero attached hydrogens (tertiary/aromatic N) is 2. The number of carbonyl (C=O) groups is 1. The van der Waals surface area contributed by atoms with Crippen molar-refractivity contribution in [3.63, 3.8) is 0 Å². The van der Waals surface area contributed by atoms with Crippen molar-refractivity contribution < 1.29 is 14.3 Å². The van der Waals surface area contributed by atoms with Crippen LogP contribution in [0.3, 0.4) is 0 Å². The molecule has 1 aliphatic rings. The fraction of sp³-hybridized carbons (Fsp3) is 0.368. The number of benzene rings is 1. The largest absolute Gasteiger partial charge is 0.497 e. The van der Waals surface area contributed by atoms with E-state index in [0.717, 1.165) is 35.0 Å². The first-order valence-corrected chi connectivity index (χ1v) is 9.17. The second-order valence-electron chi connectivity index (χ2n) is 5.98. The monoisotopic (exact) mass is 358 g/mol. The third-order valence-electron chi connectivity index (χ3n) is 3.96. The van der Waals surface area contributed by atoms with Gasteiger partial charge in [-0.15, -0.1) is 17.9 Å². The zero-order valence-electron chi connectivity index (χ0n) is 14.3. The molecule has 1 aromatic heterocycles. The molecule has 0 unspecified atom stereocenters. The topological polar surface area (TPSA) is 51.7 Å². The summed E-state index contributed by atoms with van der Waals surface area (Å²) in [5.74, 6) is 1.99. The lowest BCUT2D eigenvalue weighted by Crippen LogP contribution is -2.32. The lowest BCUT2D eigenvalue weighted by Gasteiger charge is -2.19. The number of hydrogen-bond donors (Lipinski definition) is 0. The summed E-state index contributed by atoms with van der Waals surface area (Å²) in [5, 5.41) is 2.88. The second-order valence-corrected chi connectivity index (χ2v) is 6.92. The molecule has 0 radical (unpaired) electrons. The molecule has 0 bridgehead atoms. The van der Waals surface area contributed by atoms with Crippen LogP contribution in [0.15, 0.2) is 42.3 Å². The van der Waals surface area contributed by atoms with Crippen molar-refractivity contribution in [3.8, 4) is 11.5 Å². The molecule has 1 aliphatic carbocycles. The van der Waals surface area contributed by atoms with E-state index in [1.165, 1.54) is 0 Å². The number of aromatic nitrogens is 1. The van der Waals surface area contributed by atoms with E-state index in [9.17, 15) is 4.79 Å². The maximum absolute atomic E-state index is 12.3. The van der Waals surface area contributed by atoms with Gasteiger partial charge in [-0.2, -0.15) is 0 Å². The Labute approximate surface area is 151 Å². The number of thiazole rings is 1. The predicted octanol–water partition coefficient (Wildman–Crippen LogP) is 3.66. The first kappa shape index (κ1) is 17.5. The lowest BCUT2D eigenvalue weighted by atomic mass is 10.3. The Morgan fingerprint density at radius 2 is 2.08 bits per heavy atom. The standard InChI is InChI=1S/C19H22N2O3S/c1-3-10-21(19(22)14-4-5-14)11-15-13-25-18(20-15)12-24-17-8-6-16(23-2)7-9-17/h3,6-9,13-14H,1,4-5,10-12H2,2H3. The van der Waals surface area contributed by atoms with E-state index in [4.69, 9.17) is 9.47 Å². The molecule has 2 aromatic rings. The zero-order valence-corrected chi connectivity index (χ0v) is 15.1. The molecule has 0 atom stereocenters. The normalized spacial score (nSPS) is 13.3. The van der Waals surface area contributed by atoms with Gasteiger partial charge in [-0.25, -0.2) is 4.98 Å². The summed E-state index contributed by atoms with van der Waals surface area (Å²) in [6.07, 6.45) is 3.77. The Hall–Kier alpha value is -2.34. The molecule has 1 heterocycles. The Balaban J connectivity index is 1.55. The van der Waals surface area contributed by atoms with E-state index >= 15 is 0 Å². The molecule has 0 aliphatic heterocycles. The number of carbonyl (C=O) groups excluding carboxylic acids is 1. The first-order valence-electron chi connectivity index (χ1n) is 8.29. The molecule has 1 saturated carbocycles. The van der Waals surface area contributed by atoms with E-state index in [2.05, 4.69) is 11.6 Å². The Bertz CT molecular complexity index is 723. The van der Waals surface area contributed by atoms with Crippen molar-refractivity contribution in [2.45, 2.75) is 26.0 Å². The van der Waals surface area contributed by atoms with Crippen molar-refractivity contribution in [1.82, 2.24) is 9.88 Å². The highest BCUT2D eigenvalue weighted by Crippen LogP contribution is 2.31. The molecule has 0 saturated heterocycles. The van der Waals surface area contributed by atoms with Crippen LogP contribution >= 0.6 is 11.3 Å². The molecular weight excluding hydrogens is 336 g/mol. The minimum Gasteiger partial charge on any atom is -0.497 e. The molecule has 25 heavy (non-hydrogen) atoms. The van der Waals surface area contributed by atoms with Crippen molar-refractivity contribution in [1.29, 1.82) is 0 Å². The highest BCUT2D eigenvalue weighted by molar-refractivity contribution is 7.09. The lowest BCUT2D eigenvalue weighted by molar-refractivity contribution is -0.132. The van der Waals surface area contributed by atoms with Gasteiger partial charge in [0.2, 0.25) is 5.91 Å². The highest BCUT2D eigenvalue weighted by Gasteiger charge is 2.33. The average molecular weight is 358 g/mol. The summed E-state index contributed by atoms with van der Waals surface area (Å²) in [4.78, 5) is 18.7. The zero-order chi connectivity index (χ0) is 17.6. The Kier molecular flexibility index (Phi) is 5.71. The summed E-state index contributed by atoms with van der Waals surface area (Å²) in [7, 11) is 1.64. The molecule has 0 spiro atoms. The summed E-state index contributed by atoms with van der Waals surface area (Å²) in [5.41, 5.74) is 0.897. The SMILES string of the molecule is C=CCN(Cc1csc(COc2ccc(OC)cc2)n1)C(=O)C1CC1. The third kappa shape index (κ3) is 4.82. The van der Waals surface area contributed by atoms with Crippen LogP contribution in [0.5, 0.6) is 11.5 Å². The Morgan fingerprint density at radius 3 is 2.72 bits per heavy atom. The predicted molar refractivity (Wildman–Crippen MR) is 97.8 cm³/mol. The van der Waals surface area contributed by atoms with Crippen LogP contribution in [0.25, 0.3) is 0 Å². The number of amides is 1. The van der Waals surface area contributed by atoms with E-state index in [1.807, 2.05) is 34.5 Å². The van der Waals surface area contributed by atoms with Crippen LogP contribution in [0.1, 0.15) is 23.5 Å². The van der Waals surface area contributed by atoms with Crippen LogP contribution in [-0.4, -0.2) is 29.4 Å². The average Bonchev–Trinajstić information content (AvgIpc) is 3.39. The molecule has 1 fully saturated rings. The van der Waals surface area contributed by atoms with Crippen LogP contribution in [0.4, 0.5) is 0 Å². The van der Waals surface area contributed by atoms with E-state index < -0.39 is 0 Å². The third-order valence-corrected chi connectivity index (χ3v) is 4.83. The molecule has 0 N–H and O–H groups in total. The fourth-order valence-electron chi connectivity index (χ4n) is 2.48. The second kappa shape index (κ2) is 8.16. The van der Waals surface area contributed by atoms with Crippen LogP contribution < -0.4 is 9.47 Å². The molecular formula is C19H22N2O3S. The number of hydrogen-bond acceptors (Lipinski definition) is 5. The van der Waals surface area contributed by atoms with Crippen molar-refractivity contribution in [2.75, 3.05) is 13.7 Å². The summed E-state index contributed by atoms with van der Waals surface area (Å²) in [6, 6.07) is 7.46. The van der Waals surface area contributed by atoms with Gasteiger partial charge in [0.1, 0.15) is 23.1 Å². The van der Waals surface area contributed by atoms with Crippen molar-refractivity contribution >= 4 is 17.2 Å². The first-order chi connectivity index (χ1) is 12.2. The minimum atomic E-state index is 0.205. The van der Waals surface area contributed by atoms with Gasteiger partial charge in [-0.1, -0.05) is 6.08 Å². The molecule has 3 rings (SSSR count). The van der Waals surface area contributed by atoms with E-state index in [-0.39, 0.29) is 11.8 Å². The van der Waals surface area contributed by atoms with Crippen molar-refractivity contribution in [3.05, 3.63) is 53.0 Å². The van der Waals surface area contributed by atoms with Crippen molar-refractivity contribution in [2.24, 2.45) is 5.92 Å². The van der Waals surface area contributed by atoms with Crippen LogP contribution in [-0.2, 0) is 17.9 Å². The maximum atomic E-state index is 12.3. The van der Waals surface area contributed by atoms with Gasteiger partial charge in [0.25, 0.3) is 0 Å². The van der Waals surface area contributed by atoms with Gasteiger partial charge < -0.3 is 14.4 Å². The van der Waals surface area contributed by atoms with Crippen LogP contribution in [0.2, 0.25) is 0 Å². The van der Waals surface area contributed by atoms with Gasteiger partial charge in [-0.3, -0.25) is 4.79 Å². The maximum Gasteiger partial charge on any atom is 0.226 e. The van der Waals surface area contributed by atoms with Gasteiger partial charge in [-0.05, 0) is 37.1 Å².